The molecular formula is C35H37Cl2N3O5S. The molecule has 0 aromatic heterocycles. The molecule has 1 atom stereocenters. The number of anilines is 1. The third-order valence-electron chi connectivity index (χ3n) is 7.31. The molecule has 0 bridgehead atoms. The van der Waals surface area contributed by atoms with Gasteiger partial charge >= 0.3 is 0 Å². The summed E-state index contributed by atoms with van der Waals surface area (Å²) in [5.74, 6) is -0.613. The molecule has 4 rings (SSSR count). The monoisotopic (exact) mass is 681 g/mol. The van der Waals surface area contributed by atoms with Crippen molar-refractivity contribution in [1.29, 1.82) is 0 Å². The van der Waals surface area contributed by atoms with Gasteiger partial charge in [-0.15, -0.1) is 0 Å². The number of ether oxygens (including phenoxy) is 1. The minimum absolute atomic E-state index is 0.00934. The molecule has 4 aromatic carbocycles. The van der Waals surface area contributed by atoms with Crippen molar-refractivity contribution in [3.8, 4) is 5.75 Å². The van der Waals surface area contributed by atoms with Gasteiger partial charge in [-0.05, 0) is 47.9 Å². The molecule has 0 radical (unpaired) electrons. The summed E-state index contributed by atoms with van der Waals surface area (Å²) in [6, 6.07) is 27.7. The molecule has 11 heteroatoms. The lowest BCUT2D eigenvalue weighted by Crippen LogP contribution is -2.53. The number of carbonyl (C=O) groups excluding carboxylic acids is 2. The summed E-state index contributed by atoms with van der Waals surface area (Å²) < 4.78 is 34.9. The van der Waals surface area contributed by atoms with Crippen molar-refractivity contribution in [2.24, 2.45) is 5.92 Å². The van der Waals surface area contributed by atoms with Gasteiger partial charge in [0, 0.05) is 35.1 Å². The average molecular weight is 683 g/mol. The van der Waals surface area contributed by atoms with Gasteiger partial charge in [-0.3, -0.25) is 13.9 Å². The molecule has 4 aromatic rings. The number of carbonyl (C=O) groups is 2. The average Bonchev–Trinajstić information content (AvgIpc) is 3.06. The molecule has 2 amide bonds. The van der Waals surface area contributed by atoms with Gasteiger partial charge in [0.05, 0.1) is 17.7 Å². The van der Waals surface area contributed by atoms with Crippen LogP contribution in [0.1, 0.15) is 25.0 Å². The van der Waals surface area contributed by atoms with Gasteiger partial charge in [0.15, 0.2) is 0 Å². The number of nitrogens with one attached hydrogen (secondary N) is 1. The summed E-state index contributed by atoms with van der Waals surface area (Å²) in [6.07, 6.45) is 0.165. The fourth-order valence-electron chi connectivity index (χ4n) is 4.90. The van der Waals surface area contributed by atoms with Gasteiger partial charge in [0.1, 0.15) is 18.3 Å². The van der Waals surface area contributed by atoms with E-state index in [1.807, 2.05) is 44.2 Å². The first-order valence-electron chi connectivity index (χ1n) is 14.8. The Morgan fingerprint density at radius 1 is 0.826 bits per heavy atom. The Hall–Kier alpha value is -4.05. The van der Waals surface area contributed by atoms with Gasteiger partial charge in [-0.2, -0.15) is 0 Å². The van der Waals surface area contributed by atoms with Crippen LogP contribution >= 0.6 is 23.2 Å². The fourth-order valence-corrected chi connectivity index (χ4v) is 6.86. The number of sulfonamides is 1. The van der Waals surface area contributed by atoms with E-state index in [0.29, 0.717) is 22.2 Å². The highest BCUT2D eigenvalue weighted by atomic mass is 35.5. The molecule has 1 N–H and O–H groups in total. The molecular weight excluding hydrogens is 645 g/mol. The van der Waals surface area contributed by atoms with E-state index in [4.69, 9.17) is 27.9 Å². The lowest BCUT2D eigenvalue weighted by molar-refractivity contribution is -0.140. The Balaban J connectivity index is 1.85. The van der Waals surface area contributed by atoms with Crippen LogP contribution in [0.4, 0.5) is 5.69 Å². The van der Waals surface area contributed by atoms with Crippen molar-refractivity contribution in [1.82, 2.24) is 10.2 Å². The van der Waals surface area contributed by atoms with Crippen LogP contribution in [-0.4, -0.2) is 51.4 Å². The summed E-state index contributed by atoms with van der Waals surface area (Å²) in [7, 11) is -2.85. The number of rotatable bonds is 14. The predicted molar refractivity (Wildman–Crippen MR) is 183 cm³/mol. The molecule has 8 nitrogen and oxygen atoms in total. The zero-order valence-electron chi connectivity index (χ0n) is 25.9. The molecule has 0 saturated heterocycles. The van der Waals surface area contributed by atoms with E-state index in [-0.39, 0.29) is 41.1 Å². The van der Waals surface area contributed by atoms with Crippen molar-refractivity contribution < 1.29 is 22.7 Å². The van der Waals surface area contributed by atoms with Crippen LogP contribution in [0, 0.1) is 5.92 Å². The minimum Gasteiger partial charge on any atom is -0.495 e. The van der Waals surface area contributed by atoms with E-state index in [1.54, 1.807) is 60.7 Å². The van der Waals surface area contributed by atoms with E-state index in [0.717, 1.165) is 9.87 Å². The first kappa shape index (κ1) is 34.8. The Morgan fingerprint density at radius 2 is 1.41 bits per heavy atom. The van der Waals surface area contributed by atoms with Gasteiger partial charge in [0.2, 0.25) is 11.8 Å². The van der Waals surface area contributed by atoms with E-state index >= 15 is 0 Å². The Labute approximate surface area is 280 Å². The quantitative estimate of drug-likeness (QED) is 0.162. The van der Waals surface area contributed by atoms with Crippen LogP contribution in [0.25, 0.3) is 0 Å². The Bertz CT molecular complexity index is 1720. The second-order valence-corrected chi connectivity index (χ2v) is 13.7. The van der Waals surface area contributed by atoms with Crippen LogP contribution in [-0.2, 0) is 32.6 Å². The summed E-state index contributed by atoms with van der Waals surface area (Å²) in [5, 5.41) is 3.58. The number of methoxy groups -OCH3 is 1. The SMILES string of the molecule is COc1ccccc1N(CC(=O)N(Cc1c(Cl)cccc1Cl)[C@@H](Cc1ccccc1)C(=O)NCC(C)C)S(=O)(=O)c1ccccc1. The second kappa shape index (κ2) is 16.0. The Morgan fingerprint density at radius 3 is 2.02 bits per heavy atom. The maximum absolute atomic E-state index is 14.6. The van der Waals surface area contributed by atoms with Crippen molar-refractivity contribution in [2.75, 3.05) is 24.5 Å². The van der Waals surface area contributed by atoms with E-state index in [1.165, 1.54) is 24.1 Å². The zero-order valence-corrected chi connectivity index (χ0v) is 28.2. The summed E-state index contributed by atoms with van der Waals surface area (Å²) >= 11 is 13.1. The van der Waals surface area contributed by atoms with Crippen LogP contribution in [0.15, 0.2) is 108 Å². The van der Waals surface area contributed by atoms with Crippen molar-refractivity contribution >= 4 is 50.7 Å². The summed E-state index contributed by atoms with van der Waals surface area (Å²) in [4.78, 5) is 29.9. The first-order chi connectivity index (χ1) is 22.0. The topological polar surface area (TPSA) is 96.0 Å². The molecule has 0 heterocycles. The number of nitrogens with zero attached hydrogens (tertiary/aromatic N) is 2. The molecule has 242 valence electrons. The lowest BCUT2D eigenvalue weighted by atomic mass is 10.0. The van der Waals surface area contributed by atoms with Crippen molar-refractivity contribution in [2.45, 2.75) is 37.8 Å². The van der Waals surface area contributed by atoms with Gasteiger partial charge in [0.25, 0.3) is 10.0 Å². The highest BCUT2D eigenvalue weighted by Gasteiger charge is 2.36. The molecule has 0 fully saturated rings. The van der Waals surface area contributed by atoms with E-state index in [9.17, 15) is 18.0 Å². The number of hydrogen-bond donors (Lipinski definition) is 1. The van der Waals surface area contributed by atoms with Crippen LogP contribution in [0.2, 0.25) is 10.0 Å². The Kier molecular flexibility index (Phi) is 12.1. The third kappa shape index (κ3) is 8.60. The number of benzene rings is 4. The van der Waals surface area contributed by atoms with E-state index in [2.05, 4.69) is 5.32 Å². The fraction of sp³-hybridized carbons (Fsp3) is 0.257. The largest absolute Gasteiger partial charge is 0.495 e. The highest BCUT2D eigenvalue weighted by molar-refractivity contribution is 7.92. The first-order valence-corrected chi connectivity index (χ1v) is 17.0. The van der Waals surface area contributed by atoms with Crippen LogP contribution < -0.4 is 14.4 Å². The smallest absolute Gasteiger partial charge is 0.264 e. The van der Waals surface area contributed by atoms with Crippen LogP contribution in [0.5, 0.6) is 5.75 Å². The second-order valence-electron chi connectivity index (χ2n) is 11.1. The normalized spacial score (nSPS) is 12.0. The molecule has 46 heavy (non-hydrogen) atoms. The number of para-hydroxylation sites is 2. The lowest BCUT2D eigenvalue weighted by Gasteiger charge is -2.34. The van der Waals surface area contributed by atoms with Crippen LogP contribution in [0.3, 0.4) is 0 Å². The third-order valence-corrected chi connectivity index (χ3v) is 9.79. The maximum Gasteiger partial charge on any atom is 0.264 e. The molecule has 0 saturated carbocycles. The standard InChI is InChI=1S/C35H37Cl2N3O5S/c1-25(2)22-38-35(42)32(21-26-13-6-4-7-14-26)39(23-28-29(36)17-12-18-30(28)37)34(41)24-40(31-19-10-11-20-33(31)45-3)46(43,44)27-15-8-5-9-16-27/h4-20,25,32H,21-24H2,1-3H3,(H,38,42)/t32-/m0/s1. The minimum atomic E-state index is -4.28. The summed E-state index contributed by atoms with van der Waals surface area (Å²) in [5.41, 5.74) is 1.42. The maximum atomic E-state index is 14.6. The zero-order chi connectivity index (χ0) is 33.3. The number of amides is 2. The molecule has 0 spiro atoms. The number of hydrogen-bond acceptors (Lipinski definition) is 5. The highest BCUT2D eigenvalue weighted by Crippen LogP contribution is 2.33. The molecule has 0 aliphatic heterocycles. The molecule has 0 aliphatic carbocycles. The predicted octanol–water partition coefficient (Wildman–Crippen LogP) is 6.61. The van der Waals surface area contributed by atoms with E-state index < -0.39 is 28.5 Å². The van der Waals surface area contributed by atoms with Gasteiger partial charge in [-0.25, -0.2) is 8.42 Å². The molecule has 0 unspecified atom stereocenters. The number of halogens is 2. The summed E-state index contributed by atoms with van der Waals surface area (Å²) in [6.45, 7) is 3.54. The van der Waals surface area contributed by atoms with Gasteiger partial charge < -0.3 is 15.0 Å². The van der Waals surface area contributed by atoms with Crippen molar-refractivity contribution in [3.63, 3.8) is 0 Å². The molecule has 0 aliphatic rings. The van der Waals surface area contributed by atoms with Gasteiger partial charge in [-0.1, -0.05) is 104 Å². The van der Waals surface area contributed by atoms with Crippen molar-refractivity contribution in [3.05, 3.63) is 124 Å².